The first-order valence-corrected chi connectivity index (χ1v) is 15.0. The van der Waals surface area contributed by atoms with Crippen LogP contribution in [-0.2, 0) is 32.6 Å². The number of thiophene rings is 1. The second-order valence-corrected chi connectivity index (χ2v) is 13.2. The second-order valence-electron chi connectivity index (χ2n) is 9.91. The van der Waals surface area contributed by atoms with E-state index in [-0.39, 0.29) is 30.0 Å². The Morgan fingerprint density at radius 2 is 1.70 bits per heavy atom. The molecule has 1 fully saturated rings. The zero-order chi connectivity index (χ0) is 26.6. The smallest absolute Gasteiger partial charge is 0.244 e. The van der Waals surface area contributed by atoms with E-state index in [9.17, 15) is 13.2 Å². The summed E-state index contributed by atoms with van der Waals surface area (Å²) in [4.78, 5) is 18.1. The summed E-state index contributed by atoms with van der Waals surface area (Å²) in [5.41, 5.74) is 3.40. The molecule has 1 atom stereocenters. The van der Waals surface area contributed by atoms with E-state index in [0.717, 1.165) is 28.8 Å². The molecule has 3 aromatic rings. The van der Waals surface area contributed by atoms with Crippen LogP contribution in [0.15, 0.2) is 59.5 Å². The van der Waals surface area contributed by atoms with Gasteiger partial charge in [-0.05, 0) is 69.4 Å². The number of sulfonamides is 1. The molecule has 0 bridgehead atoms. The van der Waals surface area contributed by atoms with E-state index in [2.05, 4.69) is 0 Å². The van der Waals surface area contributed by atoms with E-state index in [1.54, 1.807) is 16.2 Å². The van der Waals surface area contributed by atoms with Crippen LogP contribution in [0.2, 0.25) is 0 Å². The molecule has 0 saturated carbocycles. The van der Waals surface area contributed by atoms with Crippen molar-refractivity contribution in [1.82, 2.24) is 9.21 Å². The van der Waals surface area contributed by atoms with Gasteiger partial charge in [0.2, 0.25) is 15.9 Å². The lowest BCUT2D eigenvalue weighted by Crippen LogP contribution is -2.45. The standard InChI is InChI=1S/C29H36N2O4S2/c1-21-15-22(2)29(23(3)16-21)37(33,34)31(18-26-11-8-14-35-26)20-28(32)30(17-25-9-6-5-7-10-25)19-27-13-12-24(4)36-27/h5-7,9-10,12-13,15-16,26H,8,11,14,17-20H2,1-4H3. The van der Waals surface area contributed by atoms with Gasteiger partial charge in [0.1, 0.15) is 0 Å². The Morgan fingerprint density at radius 1 is 1.00 bits per heavy atom. The molecule has 0 spiro atoms. The maximum absolute atomic E-state index is 14.1. The van der Waals surface area contributed by atoms with Gasteiger partial charge in [-0.3, -0.25) is 4.79 Å². The van der Waals surface area contributed by atoms with Crippen molar-refractivity contribution in [2.45, 2.75) is 64.6 Å². The third-order valence-electron chi connectivity index (χ3n) is 6.66. The molecule has 1 saturated heterocycles. The molecule has 37 heavy (non-hydrogen) atoms. The third kappa shape index (κ3) is 6.87. The normalized spacial score (nSPS) is 15.9. The van der Waals surface area contributed by atoms with Gasteiger partial charge < -0.3 is 9.64 Å². The Balaban J connectivity index is 1.65. The van der Waals surface area contributed by atoms with Crippen molar-refractivity contribution in [3.8, 4) is 0 Å². The molecule has 0 aliphatic carbocycles. The molecule has 198 valence electrons. The van der Waals surface area contributed by atoms with Crippen LogP contribution in [0.1, 0.15) is 44.8 Å². The highest BCUT2D eigenvalue weighted by Crippen LogP contribution is 2.27. The minimum absolute atomic E-state index is 0.165. The first kappa shape index (κ1) is 27.5. The molecular formula is C29H36N2O4S2. The number of hydrogen-bond acceptors (Lipinski definition) is 5. The van der Waals surface area contributed by atoms with E-state index in [1.807, 2.05) is 82.3 Å². The van der Waals surface area contributed by atoms with Gasteiger partial charge in [-0.15, -0.1) is 11.3 Å². The summed E-state index contributed by atoms with van der Waals surface area (Å²) < 4.78 is 35.2. The van der Waals surface area contributed by atoms with Crippen molar-refractivity contribution in [2.75, 3.05) is 19.7 Å². The van der Waals surface area contributed by atoms with E-state index >= 15 is 0 Å². The van der Waals surface area contributed by atoms with Gasteiger partial charge in [0.25, 0.3) is 0 Å². The monoisotopic (exact) mass is 540 g/mol. The largest absolute Gasteiger partial charge is 0.377 e. The van der Waals surface area contributed by atoms with Crippen LogP contribution >= 0.6 is 11.3 Å². The summed E-state index contributed by atoms with van der Waals surface area (Å²) in [6.45, 7) is 9.03. The van der Waals surface area contributed by atoms with Crippen LogP contribution in [0.5, 0.6) is 0 Å². The molecule has 8 heteroatoms. The summed E-state index contributed by atoms with van der Waals surface area (Å²) in [5, 5.41) is 0. The summed E-state index contributed by atoms with van der Waals surface area (Å²) in [6, 6.07) is 17.7. The van der Waals surface area contributed by atoms with Gasteiger partial charge in [-0.25, -0.2) is 8.42 Å². The third-order valence-corrected chi connectivity index (χ3v) is 9.76. The maximum Gasteiger partial charge on any atom is 0.244 e. The van der Waals surface area contributed by atoms with Crippen LogP contribution in [0.25, 0.3) is 0 Å². The number of benzene rings is 2. The second kappa shape index (κ2) is 11.9. The minimum atomic E-state index is -3.93. The molecule has 6 nitrogen and oxygen atoms in total. The summed E-state index contributed by atoms with van der Waals surface area (Å²) in [5.74, 6) is -0.223. The van der Waals surface area contributed by atoms with Gasteiger partial charge in [0.05, 0.1) is 24.1 Å². The number of aryl methyl sites for hydroxylation is 4. The predicted octanol–water partition coefficient (Wildman–Crippen LogP) is 5.38. The van der Waals surface area contributed by atoms with E-state index in [0.29, 0.717) is 30.8 Å². The number of nitrogens with zero attached hydrogens (tertiary/aromatic N) is 2. The molecule has 2 heterocycles. The molecular weight excluding hydrogens is 504 g/mol. The minimum Gasteiger partial charge on any atom is -0.377 e. The number of hydrogen-bond donors (Lipinski definition) is 0. The van der Waals surface area contributed by atoms with Crippen LogP contribution in [0.3, 0.4) is 0 Å². The zero-order valence-electron chi connectivity index (χ0n) is 22.1. The topological polar surface area (TPSA) is 66.9 Å². The highest BCUT2D eigenvalue weighted by atomic mass is 32.2. The zero-order valence-corrected chi connectivity index (χ0v) is 23.7. The van der Waals surface area contributed by atoms with E-state index in [1.165, 1.54) is 9.18 Å². The molecule has 0 radical (unpaired) electrons. The first-order valence-electron chi connectivity index (χ1n) is 12.7. The Labute approximate surface area is 224 Å². The van der Waals surface area contributed by atoms with Gasteiger partial charge >= 0.3 is 0 Å². The molecule has 1 aliphatic rings. The van der Waals surface area contributed by atoms with E-state index < -0.39 is 10.0 Å². The average molecular weight is 541 g/mol. The number of carbonyl (C=O) groups excluding carboxylic acids is 1. The van der Waals surface area contributed by atoms with Crippen molar-refractivity contribution in [1.29, 1.82) is 0 Å². The van der Waals surface area contributed by atoms with Crippen molar-refractivity contribution in [3.05, 3.63) is 86.6 Å². The molecule has 2 aromatic carbocycles. The summed E-state index contributed by atoms with van der Waals surface area (Å²) in [6.07, 6.45) is 1.47. The lowest BCUT2D eigenvalue weighted by Gasteiger charge is -2.29. The van der Waals surface area contributed by atoms with Crippen molar-refractivity contribution in [3.63, 3.8) is 0 Å². The predicted molar refractivity (Wildman–Crippen MR) is 148 cm³/mol. The summed E-state index contributed by atoms with van der Waals surface area (Å²) >= 11 is 1.65. The SMILES string of the molecule is Cc1cc(C)c(S(=O)(=O)N(CC(=O)N(Cc2ccccc2)Cc2ccc(C)s2)CC2CCCO2)c(C)c1. The average Bonchev–Trinajstić information content (AvgIpc) is 3.49. The van der Waals surface area contributed by atoms with Gasteiger partial charge in [-0.2, -0.15) is 4.31 Å². The fourth-order valence-electron chi connectivity index (χ4n) is 5.01. The highest BCUT2D eigenvalue weighted by molar-refractivity contribution is 7.89. The fraction of sp³-hybridized carbons (Fsp3) is 0.414. The fourth-order valence-corrected chi connectivity index (χ4v) is 7.75. The summed E-state index contributed by atoms with van der Waals surface area (Å²) in [7, 11) is -3.93. The molecule has 1 aliphatic heterocycles. The van der Waals surface area contributed by atoms with Crippen molar-refractivity contribution < 1.29 is 17.9 Å². The van der Waals surface area contributed by atoms with Crippen LogP contribution in [0.4, 0.5) is 0 Å². The Hall–Kier alpha value is -2.52. The van der Waals surface area contributed by atoms with Crippen LogP contribution < -0.4 is 0 Å². The Kier molecular flexibility index (Phi) is 8.85. The number of carbonyl (C=O) groups is 1. The number of rotatable bonds is 10. The molecule has 4 rings (SSSR count). The maximum atomic E-state index is 14.1. The van der Waals surface area contributed by atoms with E-state index in [4.69, 9.17) is 4.74 Å². The lowest BCUT2D eigenvalue weighted by molar-refractivity contribution is -0.132. The van der Waals surface area contributed by atoms with Gasteiger partial charge in [0, 0.05) is 29.5 Å². The van der Waals surface area contributed by atoms with Crippen LogP contribution in [0, 0.1) is 27.7 Å². The molecule has 0 N–H and O–H groups in total. The molecule has 1 amide bonds. The lowest BCUT2D eigenvalue weighted by atomic mass is 10.1. The van der Waals surface area contributed by atoms with Crippen molar-refractivity contribution in [2.24, 2.45) is 0 Å². The molecule has 1 aromatic heterocycles. The highest BCUT2D eigenvalue weighted by Gasteiger charge is 2.34. The van der Waals surface area contributed by atoms with Gasteiger partial charge in [0.15, 0.2) is 0 Å². The Bertz CT molecular complexity index is 1310. The first-order chi connectivity index (χ1) is 17.6. The van der Waals surface area contributed by atoms with Crippen molar-refractivity contribution >= 4 is 27.3 Å². The number of amides is 1. The van der Waals surface area contributed by atoms with Crippen LogP contribution in [-0.4, -0.2) is 49.3 Å². The molecule has 1 unspecified atom stereocenters. The Morgan fingerprint density at radius 3 is 2.30 bits per heavy atom. The number of ether oxygens (including phenoxy) is 1. The van der Waals surface area contributed by atoms with Gasteiger partial charge in [-0.1, -0.05) is 48.0 Å². The quantitative estimate of drug-likeness (QED) is 0.346.